The molecule has 0 unspecified atom stereocenters. The molecule has 2 aromatic rings. The molecule has 0 aliphatic rings. The first kappa shape index (κ1) is 12.1. The van der Waals surface area contributed by atoms with Crippen LogP contribution >= 0.6 is 0 Å². The fraction of sp³-hybridized carbons (Fsp3) is 0.333. The molecule has 0 atom stereocenters. The largest absolute Gasteiger partial charge is 0.312 e. The van der Waals surface area contributed by atoms with Crippen molar-refractivity contribution in [2.24, 2.45) is 5.92 Å². The van der Waals surface area contributed by atoms with Crippen LogP contribution in [0.2, 0.25) is 0 Å². The van der Waals surface area contributed by atoms with E-state index in [1.807, 2.05) is 30.3 Å². The number of nitrogens with one attached hydrogen (secondary N) is 1. The monoisotopic (exact) mass is 231 g/mol. The van der Waals surface area contributed by atoms with Crippen molar-refractivity contribution in [1.29, 1.82) is 0 Å². The molecule has 0 saturated heterocycles. The minimum atomic E-state index is -0.145. The van der Waals surface area contributed by atoms with Gasteiger partial charge in [0.05, 0.1) is 0 Å². The second-order valence-corrected chi connectivity index (χ2v) is 4.78. The Balaban J connectivity index is 2.26. The Labute approximate surface area is 102 Å². The molecule has 0 aliphatic heterocycles. The first-order chi connectivity index (χ1) is 8.18. The van der Waals surface area contributed by atoms with Crippen LogP contribution in [-0.2, 0) is 6.54 Å². The van der Waals surface area contributed by atoms with Crippen molar-refractivity contribution in [3.05, 3.63) is 47.8 Å². The Kier molecular flexibility index (Phi) is 3.75. The van der Waals surface area contributed by atoms with Gasteiger partial charge in [0, 0.05) is 11.9 Å². The van der Waals surface area contributed by atoms with Gasteiger partial charge in [-0.15, -0.1) is 0 Å². The molecule has 0 fully saturated rings. The van der Waals surface area contributed by atoms with Crippen molar-refractivity contribution < 1.29 is 4.39 Å². The van der Waals surface area contributed by atoms with Crippen molar-refractivity contribution in [2.45, 2.75) is 20.4 Å². The molecule has 17 heavy (non-hydrogen) atoms. The quantitative estimate of drug-likeness (QED) is 0.845. The summed E-state index contributed by atoms with van der Waals surface area (Å²) in [4.78, 5) is 0. The molecule has 0 amide bonds. The standard InChI is InChI=1S/C15H18FN/c1-11(2)9-17-10-12-7-8-15(16)14-6-4-3-5-13(12)14/h3-8,11,17H,9-10H2,1-2H3. The van der Waals surface area contributed by atoms with Crippen molar-refractivity contribution >= 4 is 10.8 Å². The van der Waals surface area contributed by atoms with Crippen molar-refractivity contribution in [3.63, 3.8) is 0 Å². The third kappa shape index (κ3) is 2.83. The predicted molar refractivity (Wildman–Crippen MR) is 70.5 cm³/mol. The highest BCUT2D eigenvalue weighted by atomic mass is 19.1. The Hall–Kier alpha value is -1.41. The number of hydrogen-bond donors (Lipinski definition) is 1. The predicted octanol–water partition coefficient (Wildman–Crippen LogP) is 3.72. The van der Waals surface area contributed by atoms with Gasteiger partial charge in [-0.05, 0) is 29.5 Å². The summed E-state index contributed by atoms with van der Waals surface area (Å²) in [6.45, 7) is 6.12. The van der Waals surface area contributed by atoms with E-state index >= 15 is 0 Å². The molecule has 2 rings (SSSR count). The van der Waals surface area contributed by atoms with Crippen LogP contribution in [0.15, 0.2) is 36.4 Å². The molecule has 90 valence electrons. The normalized spacial score (nSPS) is 11.3. The minimum absolute atomic E-state index is 0.145. The molecular formula is C15H18FN. The fourth-order valence-electron chi connectivity index (χ4n) is 1.97. The summed E-state index contributed by atoms with van der Waals surface area (Å²) in [6.07, 6.45) is 0. The lowest BCUT2D eigenvalue weighted by Gasteiger charge is -2.10. The average Bonchev–Trinajstić information content (AvgIpc) is 2.32. The third-order valence-corrected chi connectivity index (χ3v) is 2.83. The molecule has 0 aromatic heterocycles. The maximum absolute atomic E-state index is 13.6. The van der Waals surface area contributed by atoms with Gasteiger partial charge in [-0.1, -0.05) is 44.2 Å². The Morgan fingerprint density at radius 2 is 1.76 bits per heavy atom. The van der Waals surface area contributed by atoms with Crippen LogP contribution in [0.25, 0.3) is 10.8 Å². The van der Waals surface area contributed by atoms with Crippen molar-refractivity contribution in [3.8, 4) is 0 Å². The second-order valence-electron chi connectivity index (χ2n) is 4.78. The topological polar surface area (TPSA) is 12.0 Å². The Bertz CT molecular complexity index is 505. The zero-order valence-corrected chi connectivity index (χ0v) is 10.3. The highest BCUT2D eigenvalue weighted by Crippen LogP contribution is 2.21. The molecule has 0 heterocycles. The lowest BCUT2D eigenvalue weighted by molar-refractivity contribution is 0.553. The first-order valence-corrected chi connectivity index (χ1v) is 6.05. The van der Waals surface area contributed by atoms with E-state index in [0.29, 0.717) is 11.3 Å². The van der Waals surface area contributed by atoms with E-state index in [2.05, 4.69) is 19.2 Å². The van der Waals surface area contributed by atoms with Crippen molar-refractivity contribution in [1.82, 2.24) is 5.32 Å². The molecule has 0 aliphatic carbocycles. The van der Waals surface area contributed by atoms with Crippen molar-refractivity contribution in [2.75, 3.05) is 6.54 Å². The zero-order valence-electron chi connectivity index (χ0n) is 10.3. The highest BCUT2D eigenvalue weighted by Gasteiger charge is 2.04. The summed E-state index contributed by atoms with van der Waals surface area (Å²) >= 11 is 0. The summed E-state index contributed by atoms with van der Waals surface area (Å²) in [5.41, 5.74) is 1.16. The third-order valence-electron chi connectivity index (χ3n) is 2.83. The van der Waals surface area contributed by atoms with E-state index in [4.69, 9.17) is 0 Å². The van der Waals surface area contributed by atoms with Crippen LogP contribution in [0.4, 0.5) is 4.39 Å². The number of benzene rings is 2. The van der Waals surface area contributed by atoms with Gasteiger partial charge >= 0.3 is 0 Å². The van der Waals surface area contributed by atoms with E-state index in [-0.39, 0.29) is 5.82 Å². The molecule has 0 saturated carbocycles. The lowest BCUT2D eigenvalue weighted by Crippen LogP contribution is -2.19. The fourth-order valence-corrected chi connectivity index (χ4v) is 1.97. The van der Waals surface area contributed by atoms with Crippen LogP contribution < -0.4 is 5.32 Å². The summed E-state index contributed by atoms with van der Waals surface area (Å²) < 4.78 is 13.6. The highest BCUT2D eigenvalue weighted by molar-refractivity contribution is 5.86. The van der Waals surface area contributed by atoms with Gasteiger partial charge in [-0.25, -0.2) is 4.39 Å². The second kappa shape index (κ2) is 5.28. The SMILES string of the molecule is CC(C)CNCc1ccc(F)c2ccccc12. The van der Waals surface area contributed by atoms with E-state index in [1.54, 1.807) is 6.07 Å². The van der Waals surface area contributed by atoms with Gasteiger partial charge in [-0.3, -0.25) is 0 Å². The van der Waals surface area contributed by atoms with Gasteiger partial charge in [0.15, 0.2) is 0 Å². The summed E-state index contributed by atoms with van der Waals surface area (Å²) in [7, 11) is 0. The molecular weight excluding hydrogens is 213 g/mol. The number of hydrogen-bond acceptors (Lipinski definition) is 1. The van der Waals surface area contributed by atoms with Crippen LogP contribution in [0.1, 0.15) is 19.4 Å². The summed E-state index contributed by atoms with van der Waals surface area (Å²) in [5, 5.41) is 5.10. The van der Waals surface area contributed by atoms with Crippen LogP contribution in [0.5, 0.6) is 0 Å². The Morgan fingerprint density at radius 3 is 2.47 bits per heavy atom. The molecule has 0 spiro atoms. The maximum Gasteiger partial charge on any atom is 0.131 e. The van der Waals surface area contributed by atoms with Gasteiger partial charge in [0.1, 0.15) is 5.82 Å². The van der Waals surface area contributed by atoms with E-state index in [0.717, 1.165) is 24.0 Å². The lowest BCUT2D eigenvalue weighted by atomic mass is 10.0. The smallest absolute Gasteiger partial charge is 0.131 e. The van der Waals surface area contributed by atoms with Crippen LogP contribution in [-0.4, -0.2) is 6.54 Å². The number of halogens is 1. The van der Waals surface area contributed by atoms with Gasteiger partial charge < -0.3 is 5.32 Å². The summed E-state index contributed by atoms with van der Waals surface area (Å²) in [6, 6.07) is 11.0. The first-order valence-electron chi connectivity index (χ1n) is 6.05. The molecule has 0 bridgehead atoms. The average molecular weight is 231 g/mol. The van der Waals surface area contributed by atoms with Crippen LogP contribution in [0, 0.1) is 11.7 Å². The van der Waals surface area contributed by atoms with E-state index < -0.39 is 0 Å². The van der Waals surface area contributed by atoms with Gasteiger partial charge in [0.25, 0.3) is 0 Å². The number of fused-ring (bicyclic) bond motifs is 1. The summed E-state index contributed by atoms with van der Waals surface area (Å²) in [5.74, 6) is 0.481. The van der Waals surface area contributed by atoms with Gasteiger partial charge in [0.2, 0.25) is 0 Å². The Morgan fingerprint density at radius 1 is 1.06 bits per heavy atom. The molecule has 0 radical (unpaired) electrons. The van der Waals surface area contributed by atoms with Crippen LogP contribution in [0.3, 0.4) is 0 Å². The molecule has 1 nitrogen and oxygen atoms in total. The minimum Gasteiger partial charge on any atom is -0.312 e. The molecule has 2 aromatic carbocycles. The number of rotatable bonds is 4. The maximum atomic E-state index is 13.6. The molecule has 2 heteroatoms. The van der Waals surface area contributed by atoms with E-state index in [9.17, 15) is 4.39 Å². The van der Waals surface area contributed by atoms with Gasteiger partial charge in [-0.2, -0.15) is 0 Å². The molecule has 1 N–H and O–H groups in total. The zero-order chi connectivity index (χ0) is 12.3. The van der Waals surface area contributed by atoms with E-state index in [1.165, 1.54) is 0 Å².